The minimum Gasteiger partial charge on any atom is -0.497 e. The first kappa shape index (κ1) is 22.7. The van der Waals surface area contributed by atoms with Gasteiger partial charge in [0.05, 0.1) is 26.5 Å². The molecule has 1 aromatic heterocycles. The highest BCUT2D eigenvalue weighted by atomic mass is 16.5. The van der Waals surface area contributed by atoms with Gasteiger partial charge >= 0.3 is 0 Å². The second kappa shape index (κ2) is 9.68. The second-order valence-electron chi connectivity index (χ2n) is 9.71. The van der Waals surface area contributed by atoms with Crippen molar-refractivity contribution in [3.05, 3.63) is 35.0 Å². The van der Waals surface area contributed by atoms with Crippen LogP contribution in [0.4, 0.5) is 11.8 Å². The zero-order chi connectivity index (χ0) is 23.7. The molecule has 2 aromatic rings. The number of methoxy groups -OCH3 is 2. The summed E-state index contributed by atoms with van der Waals surface area (Å²) in [5, 5.41) is 0. The van der Waals surface area contributed by atoms with Crippen LogP contribution in [-0.4, -0.2) is 67.7 Å². The lowest BCUT2D eigenvalue weighted by Crippen LogP contribution is -2.40. The SMILES string of the molecule is COc1cc(OC)cc(C(=O)N2CCc3nc(N4CCCC4)nc(N4CCC(C)CC4)c3C2)c1. The molecular formula is C26H35N5O3. The Morgan fingerprint density at radius 3 is 2.24 bits per heavy atom. The van der Waals surface area contributed by atoms with Gasteiger partial charge in [-0.2, -0.15) is 4.98 Å². The van der Waals surface area contributed by atoms with E-state index in [1.54, 1.807) is 32.4 Å². The molecule has 1 amide bonds. The molecule has 0 spiro atoms. The average molecular weight is 466 g/mol. The average Bonchev–Trinajstić information content (AvgIpc) is 3.42. The molecule has 0 radical (unpaired) electrons. The lowest BCUT2D eigenvalue weighted by atomic mass is 9.98. The van der Waals surface area contributed by atoms with Gasteiger partial charge in [-0.25, -0.2) is 4.98 Å². The Bertz CT molecular complexity index is 1020. The van der Waals surface area contributed by atoms with Crippen LogP contribution >= 0.6 is 0 Å². The fraction of sp³-hybridized carbons (Fsp3) is 0.577. The molecule has 0 saturated carbocycles. The monoisotopic (exact) mass is 465 g/mol. The number of hydrogen-bond acceptors (Lipinski definition) is 7. The third-order valence-electron chi connectivity index (χ3n) is 7.38. The molecule has 3 aliphatic rings. The van der Waals surface area contributed by atoms with Gasteiger partial charge in [-0.3, -0.25) is 4.79 Å². The summed E-state index contributed by atoms with van der Waals surface area (Å²) in [7, 11) is 3.20. The maximum atomic E-state index is 13.5. The number of benzene rings is 1. The summed E-state index contributed by atoms with van der Waals surface area (Å²) in [6.07, 6.45) is 5.48. The van der Waals surface area contributed by atoms with Crippen molar-refractivity contribution in [2.75, 3.05) is 56.7 Å². The summed E-state index contributed by atoms with van der Waals surface area (Å²) in [6, 6.07) is 5.34. The van der Waals surface area contributed by atoms with Gasteiger partial charge in [0.15, 0.2) is 0 Å². The highest BCUT2D eigenvalue weighted by molar-refractivity contribution is 5.95. The van der Waals surface area contributed by atoms with Crippen LogP contribution in [0.25, 0.3) is 0 Å². The molecule has 0 unspecified atom stereocenters. The fourth-order valence-electron chi connectivity index (χ4n) is 5.21. The van der Waals surface area contributed by atoms with Crippen molar-refractivity contribution in [2.45, 2.75) is 45.6 Å². The van der Waals surface area contributed by atoms with Crippen molar-refractivity contribution in [1.29, 1.82) is 0 Å². The zero-order valence-corrected chi connectivity index (χ0v) is 20.5. The largest absolute Gasteiger partial charge is 0.497 e. The minimum absolute atomic E-state index is 0.0234. The smallest absolute Gasteiger partial charge is 0.254 e. The number of carbonyl (C=O) groups is 1. The normalized spacial score (nSPS) is 18.7. The fourth-order valence-corrected chi connectivity index (χ4v) is 5.21. The maximum Gasteiger partial charge on any atom is 0.254 e. The van der Waals surface area contributed by atoms with Crippen LogP contribution in [-0.2, 0) is 13.0 Å². The standard InChI is InChI=1S/C26H35N5O3/c1-18-6-11-29(12-7-18)24-22-17-31(25(32)19-14-20(33-2)16-21(15-19)34-3)13-8-23(22)27-26(28-24)30-9-4-5-10-30/h14-16,18H,4-13,17H2,1-3H3. The molecule has 8 heteroatoms. The topological polar surface area (TPSA) is 71.0 Å². The minimum atomic E-state index is -0.0234. The quantitative estimate of drug-likeness (QED) is 0.669. The number of nitrogens with zero attached hydrogens (tertiary/aromatic N) is 5. The van der Waals surface area contributed by atoms with Crippen LogP contribution in [0.15, 0.2) is 18.2 Å². The Kier molecular flexibility index (Phi) is 6.48. The Labute approximate surface area is 201 Å². The molecule has 0 N–H and O–H groups in total. The van der Waals surface area contributed by atoms with E-state index in [0.717, 1.165) is 61.5 Å². The first-order valence-electron chi connectivity index (χ1n) is 12.5. The van der Waals surface area contributed by atoms with Crippen molar-refractivity contribution in [2.24, 2.45) is 5.92 Å². The molecule has 182 valence electrons. The van der Waals surface area contributed by atoms with E-state index in [2.05, 4.69) is 16.7 Å². The molecule has 3 aliphatic heterocycles. The van der Waals surface area contributed by atoms with Crippen molar-refractivity contribution in [1.82, 2.24) is 14.9 Å². The van der Waals surface area contributed by atoms with Gasteiger partial charge in [0.25, 0.3) is 5.91 Å². The summed E-state index contributed by atoms with van der Waals surface area (Å²) in [5.74, 6) is 3.84. The van der Waals surface area contributed by atoms with Crippen LogP contribution in [0.5, 0.6) is 11.5 Å². The van der Waals surface area contributed by atoms with E-state index >= 15 is 0 Å². The van der Waals surface area contributed by atoms with Gasteiger partial charge in [-0.05, 0) is 43.7 Å². The number of carbonyl (C=O) groups excluding carboxylic acids is 1. The number of amides is 1. The van der Waals surface area contributed by atoms with Crippen LogP contribution < -0.4 is 19.3 Å². The molecule has 0 bridgehead atoms. The third kappa shape index (κ3) is 4.50. The van der Waals surface area contributed by atoms with E-state index in [1.807, 2.05) is 4.90 Å². The van der Waals surface area contributed by atoms with E-state index in [9.17, 15) is 4.79 Å². The van der Waals surface area contributed by atoms with Crippen LogP contribution in [0.3, 0.4) is 0 Å². The van der Waals surface area contributed by atoms with Crippen molar-refractivity contribution < 1.29 is 14.3 Å². The molecular weight excluding hydrogens is 430 g/mol. The van der Waals surface area contributed by atoms with Crippen LogP contribution in [0.2, 0.25) is 0 Å². The molecule has 2 saturated heterocycles. The lowest BCUT2D eigenvalue weighted by Gasteiger charge is -2.36. The molecule has 2 fully saturated rings. The number of rotatable bonds is 5. The molecule has 0 aliphatic carbocycles. The number of aromatic nitrogens is 2. The van der Waals surface area contributed by atoms with Crippen molar-refractivity contribution >= 4 is 17.7 Å². The zero-order valence-electron chi connectivity index (χ0n) is 20.5. The summed E-state index contributed by atoms with van der Waals surface area (Å²) < 4.78 is 10.8. The van der Waals surface area contributed by atoms with Gasteiger partial charge < -0.3 is 24.2 Å². The first-order valence-corrected chi connectivity index (χ1v) is 12.5. The van der Waals surface area contributed by atoms with Gasteiger partial charge in [0, 0.05) is 56.3 Å². The number of ether oxygens (including phenoxy) is 2. The Hall–Kier alpha value is -3.03. The van der Waals surface area contributed by atoms with E-state index in [4.69, 9.17) is 19.4 Å². The predicted octanol–water partition coefficient (Wildman–Crippen LogP) is 3.53. The predicted molar refractivity (Wildman–Crippen MR) is 132 cm³/mol. The van der Waals surface area contributed by atoms with Crippen molar-refractivity contribution in [3.8, 4) is 11.5 Å². The van der Waals surface area contributed by atoms with Crippen molar-refractivity contribution in [3.63, 3.8) is 0 Å². The van der Waals surface area contributed by atoms with Gasteiger partial charge in [0.1, 0.15) is 17.3 Å². The molecule has 4 heterocycles. The molecule has 0 atom stereocenters. The van der Waals surface area contributed by atoms with E-state index in [0.29, 0.717) is 30.2 Å². The highest BCUT2D eigenvalue weighted by Gasteiger charge is 2.31. The number of fused-ring (bicyclic) bond motifs is 1. The third-order valence-corrected chi connectivity index (χ3v) is 7.38. The van der Waals surface area contributed by atoms with E-state index < -0.39 is 0 Å². The maximum absolute atomic E-state index is 13.5. The Morgan fingerprint density at radius 1 is 0.912 bits per heavy atom. The van der Waals surface area contributed by atoms with Gasteiger partial charge in [-0.1, -0.05) is 6.92 Å². The summed E-state index contributed by atoms with van der Waals surface area (Å²) in [4.78, 5) is 30.2. The van der Waals surface area contributed by atoms with E-state index in [-0.39, 0.29) is 5.91 Å². The number of piperidine rings is 1. The Morgan fingerprint density at radius 2 is 1.59 bits per heavy atom. The highest BCUT2D eigenvalue weighted by Crippen LogP contribution is 2.33. The first-order chi connectivity index (χ1) is 16.6. The van der Waals surface area contributed by atoms with Gasteiger partial charge in [0.2, 0.25) is 5.95 Å². The molecule has 8 nitrogen and oxygen atoms in total. The summed E-state index contributed by atoms with van der Waals surface area (Å²) >= 11 is 0. The van der Waals surface area contributed by atoms with Crippen LogP contribution in [0.1, 0.15) is 54.2 Å². The summed E-state index contributed by atoms with van der Waals surface area (Å²) in [5.41, 5.74) is 2.77. The van der Waals surface area contributed by atoms with Gasteiger partial charge in [-0.15, -0.1) is 0 Å². The summed E-state index contributed by atoms with van der Waals surface area (Å²) in [6.45, 7) is 7.55. The second-order valence-corrected chi connectivity index (χ2v) is 9.71. The van der Waals surface area contributed by atoms with E-state index in [1.165, 1.54) is 25.7 Å². The lowest BCUT2D eigenvalue weighted by molar-refractivity contribution is 0.0733. The molecule has 34 heavy (non-hydrogen) atoms. The number of hydrogen-bond donors (Lipinski definition) is 0. The Balaban J connectivity index is 1.46. The van der Waals surface area contributed by atoms with Crippen LogP contribution in [0, 0.1) is 5.92 Å². The molecule has 1 aromatic carbocycles. The number of anilines is 2. The molecule has 5 rings (SSSR count).